The van der Waals surface area contributed by atoms with Gasteiger partial charge in [0.25, 0.3) is 0 Å². The number of benzene rings is 2. The smallest absolute Gasteiger partial charge is 0.237 e. The van der Waals surface area contributed by atoms with Crippen LogP contribution in [0.5, 0.6) is 5.88 Å². The summed E-state index contributed by atoms with van der Waals surface area (Å²) in [7, 11) is 3.86. The molecule has 4 aliphatic heterocycles. The van der Waals surface area contributed by atoms with Crippen molar-refractivity contribution < 1.29 is 17.2 Å². The summed E-state index contributed by atoms with van der Waals surface area (Å²) < 4.78 is 7.82. The molecule has 0 spiro atoms. The van der Waals surface area contributed by atoms with Gasteiger partial charge in [0.1, 0.15) is 12.3 Å². The molecule has 13 heteroatoms. The third kappa shape index (κ3) is 12.5. The van der Waals surface area contributed by atoms with Gasteiger partial charge in [-0.05, 0) is 93.2 Å². The highest BCUT2D eigenvalue weighted by molar-refractivity contribution is 5.88. The summed E-state index contributed by atoms with van der Waals surface area (Å²) in [5.74, 6) is 1.49. The van der Waals surface area contributed by atoms with Crippen molar-refractivity contribution in [3.8, 4) is 5.88 Å². The molecule has 2 amide bonds. The largest absolute Gasteiger partial charge is 0.474 e. The Hall–Kier alpha value is -6.40. The number of fused-ring (bicyclic) bond motifs is 3. The second kappa shape index (κ2) is 26.0. The molecule has 4 fully saturated rings. The zero-order valence-corrected chi connectivity index (χ0v) is 44.8. The molecule has 5 N–H and O–H groups in total. The number of piperazine rings is 1. The normalized spacial score (nSPS) is 22.2. The van der Waals surface area contributed by atoms with Gasteiger partial charge in [0.05, 0.1) is 46.7 Å². The average molecular weight is 999 g/mol. The number of likely N-dealkylation sites (tertiary alicyclic amines) is 1. The van der Waals surface area contributed by atoms with Crippen LogP contribution in [0.4, 0.5) is 17.1 Å². The number of piperidine rings is 2. The predicted molar refractivity (Wildman–Crippen MR) is 308 cm³/mol. The van der Waals surface area contributed by atoms with Crippen molar-refractivity contribution in [2.75, 3.05) is 75.0 Å². The summed E-state index contributed by atoms with van der Waals surface area (Å²) in [6.07, 6.45) is 18.2. The van der Waals surface area contributed by atoms with E-state index in [4.69, 9.17) is 9.84 Å². The molecule has 3 saturated heterocycles. The van der Waals surface area contributed by atoms with Gasteiger partial charge in [0.15, 0.2) is 0 Å². The molecule has 398 valence electrons. The van der Waals surface area contributed by atoms with Gasteiger partial charge in [-0.25, -0.2) is 4.98 Å². The van der Waals surface area contributed by atoms with E-state index in [9.17, 15) is 9.59 Å². The molecule has 6 heterocycles. The number of allylic oxidation sites excluding steroid dienone is 4. The summed E-state index contributed by atoms with van der Waals surface area (Å²) in [4.78, 5) is 39.4. The molecule has 10 rings (SSSR count). The first-order valence-electron chi connectivity index (χ1n) is 26.2. The van der Waals surface area contributed by atoms with Crippen LogP contribution in [0.25, 0.3) is 10.9 Å². The number of hydrogen-bond donors (Lipinski definition) is 3. The predicted octanol–water partition coefficient (Wildman–Crippen LogP) is 12.1. The van der Waals surface area contributed by atoms with Gasteiger partial charge in [0.2, 0.25) is 17.7 Å². The molecule has 6 aliphatic rings. The summed E-state index contributed by atoms with van der Waals surface area (Å²) in [5, 5.41) is 13.5. The SMILES string of the molecule is C.C=C/C=C\C.C=C=C1C(c2nn(C)c3c(C4CC(N5CCN(C(=O)Cc6ccc(NC7(C)C=C8CN(c9cnc%10c(c9C)NCCO%10)CCC8=CC7)cc6)CC5)C4)cccc23)CCC(=O)N1C.CC.CC.N.[HH].[HH]. The minimum atomic E-state index is -0.212. The topological polar surface area (TPSA) is 146 Å². The summed E-state index contributed by atoms with van der Waals surface area (Å²) in [6, 6.07) is 15.6. The second-order valence-electron chi connectivity index (χ2n) is 19.3. The Morgan fingerprint density at radius 1 is 1.03 bits per heavy atom. The molecule has 2 unspecified atom stereocenters. The number of likely N-dealkylation sites (N-methyl/N-ethyl adjacent to an activating group) is 1. The number of ether oxygens (including phenoxy) is 1. The van der Waals surface area contributed by atoms with E-state index in [2.05, 4.69) is 118 Å². The van der Waals surface area contributed by atoms with E-state index in [0.29, 0.717) is 37.3 Å². The van der Waals surface area contributed by atoms with Crippen LogP contribution in [0.1, 0.15) is 125 Å². The van der Waals surface area contributed by atoms with Gasteiger partial charge in [-0.2, -0.15) is 5.10 Å². The first-order chi connectivity index (χ1) is 34.5. The van der Waals surface area contributed by atoms with Crippen molar-refractivity contribution in [1.29, 1.82) is 0 Å². The molecule has 0 bridgehead atoms. The average Bonchev–Trinajstić information content (AvgIpc) is 3.72. The highest BCUT2D eigenvalue weighted by Crippen LogP contribution is 2.45. The third-order valence-corrected chi connectivity index (χ3v) is 14.9. The molecular formula is C60H90N10O3. The Morgan fingerprint density at radius 3 is 2.42 bits per heavy atom. The number of anilines is 3. The fourth-order valence-corrected chi connectivity index (χ4v) is 11.1. The van der Waals surface area contributed by atoms with Gasteiger partial charge < -0.3 is 36.2 Å². The van der Waals surface area contributed by atoms with Crippen LogP contribution in [0, 0.1) is 6.92 Å². The zero-order chi connectivity index (χ0) is 50.8. The molecule has 0 radical (unpaired) electrons. The van der Waals surface area contributed by atoms with Crippen LogP contribution in [-0.4, -0.2) is 112 Å². The molecule has 2 aliphatic carbocycles. The Kier molecular flexibility index (Phi) is 20.5. The van der Waals surface area contributed by atoms with Crippen molar-refractivity contribution in [2.45, 2.75) is 124 Å². The number of carbonyl (C=O) groups is 2. The van der Waals surface area contributed by atoms with Crippen molar-refractivity contribution in [3.63, 3.8) is 0 Å². The number of pyridine rings is 1. The van der Waals surface area contributed by atoms with Crippen LogP contribution in [0.15, 0.2) is 115 Å². The fraction of sp³-hybridized carbons (Fsp3) is 0.483. The number of rotatable bonds is 9. The lowest BCUT2D eigenvalue weighted by atomic mass is 9.74. The molecule has 73 heavy (non-hydrogen) atoms. The lowest BCUT2D eigenvalue weighted by molar-refractivity contribution is -0.133. The van der Waals surface area contributed by atoms with Gasteiger partial charge >= 0.3 is 0 Å². The number of nitrogens with one attached hydrogen (secondary N) is 2. The van der Waals surface area contributed by atoms with Gasteiger partial charge in [0, 0.05) is 91.9 Å². The number of nitrogens with zero attached hydrogens (tertiary/aromatic N) is 7. The Balaban J connectivity index is 0.00000107. The fourth-order valence-electron chi connectivity index (χ4n) is 11.1. The van der Waals surface area contributed by atoms with Gasteiger partial charge in [-0.3, -0.25) is 19.2 Å². The van der Waals surface area contributed by atoms with Gasteiger partial charge in [-0.15, -0.1) is 5.73 Å². The molecule has 2 aromatic heterocycles. The van der Waals surface area contributed by atoms with Crippen molar-refractivity contribution in [1.82, 2.24) is 35.6 Å². The van der Waals surface area contributed by atoms with E-state index >= 15 is 0 Å². The van der Waals surface area contributed by atoms with Crippen molar-refractivity contribution >= 4 is 39.8 Å². The van der Waals surface area contributed by atoms with E-state index in [-0.39, 0.29) is 39.7 Å². The summed E-state index contributed by atoms with van der Waals surface area (Å²) in [5.41, 5.74) is 15.5. The molecule has 1 saturated carbocycles. The van der Waals surface area contributed by atoms with Crippen LogP contribution in [0.2, 0.25) is 0 Å². The first-order valence-corrected chi connectivity index (χ1v) is 26.2. The van der Waals surface area contributed by atoms with Crippen LogP contribution in [0.3, 0.4) is 0 Å². The summed E-state index contributed by atoms with van der Waals surface area (Å²) in [6.45, 7) is 28.4. The maximum Gasteiger partial charge on any atom is 0.237 e. The monoisotopic (exact) mass is 999 g/mol. The highest BCUT2D eigenvalue weighted by Gasteiger charge is 2.39. The lowest BCUT2D eigenvalue weighted by Gasteiger charge is -2.46. The lowest BCUT2D eigenvalue weighted by Crippen LogP contribution is -2.55. The molecule has 13 nitrogen and oxygen atoms in total. The van der Waals surface area contributed by atoms with Crippen LogP contribution < -0.4 is 26.4 Å². The maximum absolute atomic E-state index is 13.5. The maximum atomic E-state index is 13.5. The van der Waals surface area contributed by atoms with E-state index in [1.165, 1.54) is 27.8 Å². The number of carbonyl (C=O) groups excluding carboxylic acids is 2. The molecule has 2 atom stereocenters. The standard InChI is InChI=1S/C50H59N9O3.C5H8.2C2H6.CH4.H3N.2H2/c1-6-42-40(14-15-44(60)55(42)4)47-41-9-7-8-39(48(41)56(5)54-47)35-27-38(28-35)57-21-23-58(24-22-57)45(61)26-33-10-12-37(13-11-33)53-50(3)18-16-34-17-20-59(31-36(34)29-50)43-30-52-49-46(32(43)2)51-19-25-62-49;1-3-5-4-2;2*1-2;;;;/h7-13,16,29-30,35,38,40,51,53H,1,14-15,17-28,31H2,2-5H3;3-5H,1H2,2H3;2*1-2H3;1H4;1H3;2*1H/b;5-4-;;;;;;. The second-order valence-corrected chi connectivity index (χ2v) is 19.3. The Labute approximate surface area is 440 Å². The van der Waals surface area contributed by atoms with E-state index < -0.39 is 0 Å². The number of para-hydroxylation sites is 1. The van der Waals surface area contributed by atoms with E-state index in [1.54, 1.807) is 11.0 Å². The van der Waals surface area contributed by atoms with Crippen molar-refractivity contribution in [3.05, 3.63) is 137 Å². The zero-order valence-electron chi connectivity index (χ0n) is 44.8. The number of aryl methyl sites for hydroxylation is 1. The first kappa shape index (κ1) is 57.5. The number of hydrogen-bond acceptors (Lipinski definition) is 10. The molecular weight excluding hydrogens is 909 g/mol. The van der Waals surface area contributed by atoms with Crippen LogP contribution in [-0.2, 0) is 23.1 Å². The minimum Gasteiger partial charge on any atom is -0.474 e. The number of amides is 2. The summed E-state index contributed by atoms with van der Waals surface area (Å²) >= 11 is 0. The minimum absolute atomic E-state index is 0. The van der Waals surface area contributed by atoms with Crippen molar-refractivity contribution in [2.24, 2.45) is 7.05 Å². The molecule has 4 aromatic rings. The number of aromatic nitrogens is 3. The van der Waals surface area contributed by atoms with E-state index in [1.807, 2.05) is 71.7 Å². The van der Waals surface area contributed by atoms with E-state index in [0.717, 1.165) is 117 Å². The Morgan fingerprint density at radius 2 is 1.75 bits per heavy atom. The van der Waals surface area contributed by atoms with Gasteiger partial charge in [-0.1, -0.05) is 109 Å². The van der Waals surface area contributed by atoms with Crippen LogP contribution >= 0.6 is 0 Å². The molecule has 2 aromatic carbocycles. The third-order valence-electron chi connectivity index (χ3n) is 14.9. The quantitative estimate of drug-likeness (QED) is 0.109. The Bertz CT molecular complexity index is 2690. The highest BCUT2D eigenvalue weighted by atomic mass is 16.5.